The molecule has 4 aromatic rings. The topological polar surface area (TPSA) is 130 Å². The van der Waals surface area contributed by atoms with E-state index in [0.29, 0.717) is 19.6 Å². The third-order valence-corrected chi connectivity index (χ3v) is 8.15. The molecule has 9 nitrogen and oxygen atoms in total. The highest BCUT2D eigenvalue weighted by Gasteiger charge is 2.50. The van der Waals surface area contributed by atoms with Gasteiger partial charge in [0.25, 0.3) is 0 Å². The maximum atomic E-state index is 14.4. The van der Waals surface area contributed by atoms with E-state index in [1.54, 1.807) is 13.8 Å². The number of nitrogen functional groups attached to an aromatic ring is 1. The van der Waals surface area contributed by atoms with Gasteiger partial charge in [-0.05, 0) is 30.5 Å². The summed E-state index contributed by atoms with van der Waals surface area (Å²) in [5, 5.41) is 18.7. The number of thiazole rings is 1. The lowest BCUT2D eigenvalue weighted by atomic mass is 9.73. The van der Waals surface area contributed by atoms with Gasteiger partial charge in [0.1, 0.15) is 5.69 Å². The lowest BCUT2D eigenvalue weighted by Gasteiger charge is -2.51. The van der Waals surface area contributed by atoms with Crippen LogP contribution in [0, 0.1) is 0 Å². The summed E-state index contributed by atoms with van der Waals surface area (Å²) in [5.74, 6) is -1.58. The third-order valence-electron chi connectivity index (χ3n) is 7.48. The monoisotopic (exact) mass is 583 g/mol. The minimum atomic E-state index is -1.47. The van der Waals surface area contributed by atoms with Gasteiger partial charge in [-0.1, -0.05) is 96.2 Å². The molecule has 4 N–H and O–H groups in total. The summed E-state index contributed by atoms with van der Waals surface area (Å²) in [6, 6.07) is 29.9. The zero-order valence-corrected chi connectivity index (χ0v) is 24.3. The van der Waals surface area contributed by atoms with Gasteiger partial charge >= 0.3 is 5.97 Å². The number of ketones is 1. The summed E-state index contributed by atoms with van der Waals surface area (Å²) in [5.41, 5.74) is 6.13. The summed E-state index contributed by atoms with van der Waals surface area (Å²) in [4.78, 5) is 38.4. The molecule has 1 aliphatic rings. The molecule has 1 atom stereocenters. The number of carboxylic acids is 1. The third kappa shape index (κ3) is 5.56. The Balaban J connectivity index is 1.61. The summed E-state index contributed by atoms with van der Waals surface area (Å²) in [6.07, 6.45) is 0. The highest BCUT2D eigenvalue weighted by Crippen LogP contribution is 2.44. The zero-order chi connectivity index (χ0) is 29.7. The van der Waals surface area contributed by atoms with Crippen molar-refractivity contribution in [2.24, 2.45) is 5.16 Å². The zero-order valence-electron chi connectivity index (χ0n) is 23.4. The lowest BCUT2D eigenvalue weighted by molar-refractivity contribution is -0.149. The van der Waals surface area contributed by atoms with Crippen LogP contribution in [0.4, 0.5) is 5.13 Å². The van der Waals surface area contributed by atoms with Crippen molar-refractivity contribution in [2.45, 2.75) is 31.0 Å². The smallest absolute Gasteiger partial charge is 0.360 e. The first kappa shape index (κ1) is 29.1. The largest absolute Gasteiger partial charge is 0.476 e. The Morgan fingerprint density at radius 1 is 0.976 bits per heavy atom. The van der Waals surface area contributed by atoms with E-state index in [4.69, 9.17) is 10.6 Å². The number of Topliss-reactive ketones (excluding diaryl/α,β-unsaturated/α-hetero) is 1. The van der Waals surface area contributed by atoms with Crippen molar-refractivity contribution in [1.82, 2.24) is 15.2 Å². The average molecular weight is 584 g/mol. The van der Waals surface area contributed by atoms with Gasteiger partial charge in [0.05, 0.1) is 11.6 Å². The molecule has 0 radical (unpaired) electrons. The van der Waals surface area contributed by atoms with Gasteiger partial charge in [-0.2, -0.15) is 0 Å². The molecule has 10 heteroatoms. The van der Waals surface area contributed by atoms with E-state index in [9.17, 15) is 14.7 Å². The number of aromatic nitrogens is 1. The number of benzene rings is 3. The second kappa shape index (κ2) is 12.2. The molecule has 1 unspecified atom stereocenters. The number of oxime groups is 1. The van der Waals surface area contributed by atoms with Crippen molar-refractivity contribution in [3.8, 4) is 0 Å². The molecular weight excluding hydrogens is 550 g/mol. The van der Waals surface area contributed by atoms with Gasteiger partial charge in [0.15, 0.2) is 16.5 Å². The number of nitrogens with one attached hydrogen (secondary N) is 1. The van der Waals surface area contributed by atoms with Crippen LogP contribution in [0.25, 0.3) is 0 Å². The Hall–Kier alpha value is -4.38. The first-order valence-corrected chi connectivity index (χ1v) is 14.5. The van der Waals surface area contributed by atoms with Crippen molar-refractivity contribution < 1.29 is 19.5 Å². The van der Waals surface area contributed by atoms with E-state index < -0.39 is 28.9 Å². The second-order valence-electron chi connectivity index (χ2n) is 10.5. The van der Waals surface area contributed by atoms with Crippen LogP contribution in [0.3, 0.4) is 0 Å². The molecule has 1 fully saturated rings. The molecular formula is C32H33N5O4S. The number of hydrogen-bond donors (Lipinski definition) is 3. The lowest BCUT2D eigenvalue weighted by Crippen LogP contribution is -2.65. The second-order valence-corrected chi connectivity index (χ2v) is 11.4. The molecule has 42 heavy (non-hydrogen) atoms. The summed E-state index contributed by atoms with van der Waals surface area (Å²) < 4.78 is 0. The van der Waals surface area contributed by atoms with Crippen molar-refractivity contribution in [3.05, 3.63) is 119 Å². The summed E-state index contributed by atoms with van der Waals surface area (Å²) >= 11 is 1.09. The number of nitrogens with two attached hydrogens (primary N) is 1. The molecule has 2 heterocycles. The van der Waals surface area contributed by atoms with Crippen LogP contribution in [0.5, 0.6) is 0 Å². The van der Waals surface area contributed by atoms with Gasteiger partial charge in [-0.25, -0.2) is 9.78 Å². The number of aliphatic carboxylic acids is 1. The maximum Gasteiger partial charge on any atom is 0.360 e. The Bertz CT molecular complexity index is 1460. The van der Waals surface area contributed by atoms with E-state index >= 15 is 0 Å². The van der Waals surface area contributed by atoms with E-state index in [2.05, 4.69) is 56.8 Å². The van der Waals surface area contributed by atoms with E-state index in [1.807, 2.05) is 54.6 Å². The number of rotatable bonds is 10. The van der Waals surface area contributed by atoms with Crippen LogP contribution in [0.15, 0.2) is 102 Å². The molecule has 1 aliphatic heterocycles. The minimum absolute atomic E-state index is 0.0745. The van der Waals surface area contributed by atoms with Crippen molar-refractivity contribution in [1.29, 1.82) is 0 Å². The molecule has 1 saturated heterocycles. The van der Waals surface area contributed by atoms with Crippen molar-refractivity contribution in [3.63, 3.8) is 0 Å². The molecule has 0 saturated carbocycles. The first-order valence-electron chi connectivity index (χ1n) is 13.6. The molecule has 5 rings (SSSR count). The predicted octanol–water partition coefficient (Wildman–Crippen LogP) is 4.14. The van der Waals surface area contributed by atoms with Crippen LogP contribution < -0.4 is 11.1 Å². The molecule has 0 amide bonds. The summed E-state index contributed by atoms with van der Waals surface area (Å²) in [6.45, 7) is 4.82. The first-order chi connectivity index (χ1) is 20.2. The van der Waals surface area contributed by atoms with Crippen LogP contribution in [-0.4, -0.2) is 63.7 Å². The summed E-state index contributed by atoms with van der Waals surface area (Å²) in [7, 11) is 0. The fourth-order valence-corrected chi connectivity index (χ4v) is 6.12. The fraction of sp³-hybridized carbons (Fsp3) is 0.250. The number of piperazine rings is 1. The van der Waals surface area contributed by atoms with Gasteiger partial charge in [0, 0.05) is 25.0 Å². The van der Waals surface area contributed by atoms with Gasteiger partial charge < -0.3 is 21.0 Å². The SMILES string of the molecule is CC(C)(O/N=C(\C(=O)O)c1csc(N)n1)C(=O)C1CNCCN1C(c1ccccc1)(c1ccccc1)c1ccccc1. The Labute approximate surface area is 248 Å². The Morgan fingerprint density at radius 2 is 1.50 bits per heavy atom. The van der Waals surface area contributed by atoms with Gasteiger partial charge in [0.2, 0.25) is 5.71 Å². The molecule has 1 aromatic heterocycles. The number of carbonyl (C=O) groups is 2. The normalized spacial score (nSPS) is 16.6. The Kier molecular flexibility index (Phi) is 8.49. The number of nitrogens with zero attached hydrogens (tertiary/aromatic N) is 3. The molecule has 0 bridgehead atoms. The van der Waals surface area contributed by atoms with Gasteiger partial charge in [-0.3, -0.25) is 9.69 Å². The van der Waals surface area contributed by atoms with Crippen LogP contribution in [0.2, 0.25) is 0 Å². The molecule has 0 aliphatic carbocycles. The van der Waals surface area contributed by atoms with Gasteiger partial charge in [-0.15, -0.1) is 11.3 Å². The van der Waals surface area contributed by atoms with Crippen LogP contribution in [-0.2, 0) is 20.0 Å². The molecule has 216 valence electrons. The quantitative estimate of drug-likeness (QED) is 0.144. The minimum Gasteiger partial charge on any atom is -0.476 e. The number of hydrogen-bond acceptors (Lipinski definition) is 9. The predicted molar refractivity (Wildman–Crippen MR) is 163 cm³/mol. The number of carboxylic acid groups (broad SMARTS) is 1. The van der Waals surface area contributed by atoms with Crippen molar-refractivity contribution in [2.75, 3.05) is 25.4 Å². The maximum absolute atomic E-state index is 14.4. The standard InChI is InChI=1S/C32H33N5O4S/c1-31(2,41-36-27(29(39)40)25-21-42-30(33)35-25)28(38)26-20-34-18-19-37(26)32(22-12-6-3-7-13-22,23-14-8-4-9-15-23)24-16-10-5-11-17-24/h3-17,21,26,34H,18-20H2,1-2H3,(H2,33,35)(H,39,40)/b36-27-. The van der Waals surface area contributed by atoms with Crippen LogP contribution >= 0.6 is 11.3 Å². The van der Waals surface area contributed by atoms with E-state index in [-0.39, 0.29) is 16.6 Å². The molecule has 3 aromatic carbocycles. The molecule has 0 spiro atoms. The van der Waals surface area contributed by atoms with Crippen LogP contribution in [0.1, 0.15) is 36.2 Å². The average Bonchev–Trinajstić information content (AvgIpc) is 3.44. The fourth-order valence-electron chi connectivity index (χ4n) is 5.57. The van der Waals surface area contributed by atoms with E-state index in [0.717, 1.165) is 28.0 Å². The highest BCUT2D eigenvalue weighted by molar-refractivity contribution is 7.13. The number of anilines is 1. The Morgan fingerprint density at radius 3 is 1.95 bits per heavy atom. The highest BCUT2D eigenvalue weighted by atomic mass is 32.1. The van der Waals surface area contributed by atoms with E-state index in [1.165, 1.54) is 5.38 Å². The van der Waals surface area contributed by atoms with Crippen molar-refractivity contribution >= 4 is 33.9 Å². The number of carbonyl (C=O) groups excluding carboxylic acids is 1.